The van der Waals surface area contributed by atoms with E-state index in [2.05, 4.69) is 16.0 Å². The predicted molar refractivity (Wildman–Crippen MR) is 128 cm³/mol. The standard InChI is InChI=1S/C25H32N4O3/c1-18(2)15-23(30)27-21-11-9-20(10-12-21)26-17-24(31)28-22-8-6-7-19(16-22)25(32)29-13-4-3-5-14-29/h6-12,16,18,26H,3-5,13-15,17H2,1-2H3,(H,27,30)(H,28,31). The molecule has 3 rings (SSSR count). The summed E-state index contributed by atoms with van der Waals surface area (Å²) in [6, 6.07) is 14.3. The third-order valence-electron chi connectivity index (χ3n) is 5.25. The van der Waals surface area contributed by atoms with E-state index < -0.39 is 0 Å². The molecule has 0 bridgehead atoms. The molecule has 7 heteroatoms. The maximum atomic E-state index is 12.7. The first-order chi connectivity index (χ1) is 15.4. The van der Waals surface area contributed by atoms with Crippen LogP contribution in [0.3, 0.4) is 0 Å². The van der Waals surface area contributed by atoms with Gasteiger partial charge in [0.25, 0.3) is 5.91 Å². The van der Waals surface area contributed by atoms with Crippen molar-refractivity contribution in [3.05, 3.63) is 54.1 Å². The van der Waals surface area contributed by atoms with Gasteiger partial charge in [0.2, 0.25) is 11.8 Å². The van der Waals surface area contributed by atoms with Crippen molar-refractivity contribution >= 4 is 34.8 Å². The summed E-state index contributed by atoms with van der Waals surface area (Å²) in [5.74, 6) is 0.0977. The van der Waals surface area contributed by atoms with E-state index in [4.69, 9.17) is 0 Å². The number of hydrogen-bond acceptors (Lipinski definition) is 4. The van der Waals surface area contributed by atoms with Gasteiger partial charge < -0.3 is 20.9 Å². The number of carbonyl (C=O) groups excluding carboxylic acids is 3. The lowest BCUT2D eigenvalue weighted by molar-refractivity contribution is -0.117. The molecule has 0 aliphatic carbocycles. The molecule has 1 fully saturated rings. The first-order valence-corrected chi connectivity index (χ1v) is 11.2. The van der Waals surface area contributed by atoms with Gasteiger partial charge in [0.15, 0.2) is 0 Å². The Kier molecular flexibility index (Phi) is 8.25. The van der Waals surface area contributed by atoms with Gasteiger partial charge in [-0.3, -0.25) is 14.4 Å². The molecular formula is C25H32N4O3. The van der Waals surface area contributed by atoms with Gasteiger partial charge in [0, 0.05) is 42.1 Å². The van der Waals surface area contributed by atoms with Crippen molar-refractivity contribution < 1.29 is 14.4 Å². The molecule has 0 saturated carbocycles. The van der Waals surface area contributed by atoms with Gasteiger partial charge in [-0.15, -0.1) is 0 Å². The van der Waals surface area contributed by atoms with Gasteiger partial charge in [0.1, 0.15) is 0 Å². The summed E-state index contributed by atoms with van der Waals surface area (Å²) in [4.78, 5) is 38.8. The maximum absolute atomic E-state index is 12.7. The van der Waals surface area contributed by atoms with E-state index in [0.29, 0.717) is 23.6 Å². The average Bonchev–Trinajstić information content (AvgIpc) is 2.78. The third-order valence-corrected chi connectivity index (χ3v) is 5.25. The first kappa shape index (κ1) is 23.3. The van der Waals surface area contributed by atoms with E-state index in [9.17, 15) is 14.4 Å². The molecule has 0 unspecified atom stereocenters. The van der Waals surface area contributed by atoms with Crippen LogP contribution in [0.25, 0.3) is 0 Å². The molecule has 0 atom stereocenters. The summed E-state index contributed by atoms with van der Waals surface area (Å²) in [7, 11) is 0. The van der Waals surface area contributed by atoms with Gasteiger partial charge in [-0.2, -0.15) is 0 Å². The molecule has 0 spiro atoms. The van der Waals surface area contributed by atoms with Gasteiger partial charge in [-0.05, 0) is 67.6 Å². The zero-order valence-corrected chi connectivity index (χ0v) is 18.8. The van der Waals surface area contributed by atoms with Crippen LogP contribution in [-0.2, 0) is 9.59 Å². The highest BCUT2D eigenvalue weighted by Crippen LogP contribution is 2.17. The molecule has 32 heavy (non-hydrogen) atoms. The number of amides is 3. The molecular weight excluding hydrogens is 404 g/mol. The van der Waals surface area contributed by atoms with E-state index >= 15 is 0 Å². The van der Waals surface area contributed by atoms with Gasteiger partial charge in [-0.1, -0.05) is 19.9 Å². The predicted octanol–water partition coefficient (Wildman–Crippen LogP) is 4.35. The van der Waals surface area contributed by atoms with Crippen molar-refractivity contribution in [2.45, 2.75) is 39.5 Å². The fourth-order valence-electron chi connectivity index (χ4n) is 3.65. The summed E-state index contributed by atoms with van der Waals surface area (Å²) >= 11 is 0. The zero-order valence-electron chi connectivity index (χ0n) is 18.8. The Morgan fingerprint density at radius 1 is 0.844 bits per heavy atom. The highest BCUT2D eigenvalue weighted by atomic mass is 16.2. The number of rotatable bonds is 8. The molecule has 1 aliphatic heterocycles. The van der Waals surface area contributed by atoms with Crippen molar-refractivity contribution in [1.29, 1.82) is 0 Å². The summed E-state index contributed by atoms with van der Waals surface area (Å²) in [6.45, 7) is 5.67. The topological polar surface area (TPSA) is 90.5 Å². The smallest absolute Gasteiger partial charge is 0.253 e. The number of hydrogen-bond donors (Lipinski definition) is 3. The molecule has 1 aliphatic rings. The molecule has 7 nitrogen and oxygen atoms in total. The van der Waals surface area contributed by atoms with Crippen LogP contribution in [-0.4, -0.2) is 42.3 Å². The lowest BCUT2D eigenvalue weighted by Crippen LogP contribution is -2.35. The summed E-state index contributed by atoms with van der Waals surface area (Å²) in [5, 5.41) is 8.76. The summed E-state index contributed by atoms with van der Waals surface area (Å²) < 4.78 is 0. The summed E-state index contributed by atoms with van der Waals surface area (Å²) in [5.41, 5.74) is 2.69. The number of nitrogens with one attached hydrogen (secondary N) is 3. The van der Waals surface area contributed by atoms with E-state index in [0.717, 1.165) is 37.3 Å². The average molecular weight is 437 g/mol. The van der Waals surface area contributed by atoms with E-state index in [1.54, 1.807) is 36.4 Å². The number of piperidine rings is 1. The molecule has 0 aromatic heterocycles. The van der Waals surface area contributed by atoms with Crippen LogP contribution in [0.15, 0.2) is 48.5 Å². The second-order valence-corrected chi connectivity index (χ2v) is 8.56. The second kappa shape index (κ2) is 11.3. The van der Waals surface area contributed by atoms with Crippen LogP contribution < -0.4 is 16.0 Å². The number of likely N-dealkylation sites (tertiary alicyclic amines) is 1. The Morgan fingerprint density at radius 2 is 1.50 bits per heavy atom. The van der Waals surface area contributed by atoms with E-state index in [1.165, 1.54) is 6.42 Å². The van der Waals surface area contributed by atoms with Crippen molar-refractivity contribution in [3.8, 4) is 0 Å². The second-order valence-electron chi connectivity index (χ2n) is 8.56. The van der Waals surface area contributed by atoms with Crippen LogP contribution in [0.2, 0.25) is 0 Å². The normalized spacial score (nSPS) is 13.5. The molecule has 3 amide bonds. The fraction of sp³-hybridized carbons (Fsp3) is 0.400. The fourth-order valence-corrected chi connectivity index (χ4v) is 3.65. The molecule has 3 N–H and O–H groups in total. The van der Waals surface area contributed by atoms with Gasteiger partial charge in [-0.25, -0.2) is 0 Å². The SMILES string of the molecule is CC(C)CC(=O)Nc1ccc(NCC(=O)Nc2cccc(C(=O)N3CCCCC3)c2)cc1. The van der Waals surface area contributed by atoms with E-state index in [-0.39, 0.29) is 24.3 Å². The molecule has 0 radical (unpaired) electrons. The van der Waals surface area contributed by atoms with Crippen molar-refractivity contribution in [2.75, 3.05) is 35.6 Å². The largest absolute Gasteiger partial charge is 0.376 e. The number of nitrogens with zero attached hydrogens (tertiary/aromatic N) is 1. The Hall–Kier alpha value is -3.35. The van der Waals surface area contributed by atoms with E-state index in [1.807, 2.05) is 30.9 Å². The number of benzene rings is 2. The Morgan fingerprint density at radius 3 is 2.19 bits per heavy atom. The highest BCUT2D eigenvalue weighted by molar-refractivity contribution is 5.98. The minimum absolute atomic E-state index is 0.0129. The van der Waals surface area contributed by atoms with Crippen LogP contribution in [0.5, 0.6) is 0 Å². The van der Waals surface area contributed by atoms with Crippen molar-refractivity contribution in [1.82, 2.24) is 4.90 Å². The Bertz CT molecular complexity index is 934. The quantitative estimate of drug-likeness (QED) is 0.574. The summed E-state index contributed by atoms with van der Waals surface area (Å²) in [6.07, 6.45) is 3.73. The van der Waals surface area contributed by atoms with Crippen LogP contribution in [0, 0.1) is 5.92 Å². The first-order valence-electron chi connectivity index (χ1n) is 11.2. The Labute approximate surface area is 189 Å². The third kappa shape index (κ3) is 7.11. The van der Waals surface area contributed by atoms with Crippen molar-refractivity contribution in [3.63, 3.8) is 0 Å². The molecule has 170 valence electrons. The lowest BCUT2D eigenvalue weighted by atomic mass is 10.1. The lowest BCUT2D eigenvalue weighted by Gasteiger charge is -2.26. The van der Waals surface area contributed by atoms with Crippen LogP contribution in [0.1, 0.15) is 49.9 Å². The minimum atomic E-state index is -0.207. The van der Waals surface area contributed by atoms with Crippen LogP contribution in [0.4, 0.5) is 17.1 Å². The Balaban J connectivity index is 1.48. The van der Waals surface area contributed by atoms with Gasteiger partial charge >= 0.3 is 0 Å². The minimum Gasteiger partial charge on any atom is -0.376 e. The molecule has 1 saturated heterocycles. The molecule has 1 heterocycles. The zero-order chi connectivity index (χ0) is 22.9. The molecule has 2 aromatic rings. The monoisotopic (exact) mass is 436 g/mol. The maximum Gasteiger partial charge on any atom is 0.253 e. The van der Waals surface area contributed by atoms with Crippen molar-refractivity contribution in [2.24, 2.45) is 5.92 Å². The van der Waals surface area contributed by atoms with Crippen LogP contribution >= 0.6 is 0 Å². The number of carbonyl (C=O) groups is 3. The number of anilines is 3. The van der Waals surface area contributed by atoms with Gasteiger partial charge in [0.05, 0.1) is 6.54 Å². The highest BCUT2D eigenvalue weighted by Gasteiger charge is 2.18. The molecule has 2 aromatic carbocycles.